The second-order valence-corrected chi connectivity index (χ2v) is 21.8. The first-order valence-corrected chi connectivity index (χ1v) is 31.9. The van der Waals surface area contributed by atoms with Crippen LogP contribution in [0.2, 0.25) is 0 Å². The van der Waals surface area contributed by atoms with E-state index in [4.69, 9.17) is 9.47 Å². The van der Waals surface area contributed by atoms with Crippen molar-refractivity contribution in [2.45, 2.75) is 367 Å². The van der Waals surface area contributed by atoms with Gasteiger partial charge in [0, 0.05) is 12.8 Å². The monoisotopic (exact) mass is 985 g/mol. The van der Waals surface area contributed by atoms with E-state index in [-0.39, 0.29) is 25.2 Å². The van der Waals surface area contributed by atoms with Crippen LogP contribution in [0, 0.1) is 0 Å². The Kier molecular flexibility index (Phi) is 60.3. The molecule has 1 unspecified atom stereocenters. The first kappa shape index (κ1) is 68.4. The number of hydrogen-bond acceptors (Lipinski definition) is 5. The van der Waals surface area contributed by atoms with Crippen molar-refractivity contribution in [3.63, 3.8) is 0 Å². The number of carbonyl (C=O) groups excluding carboxylic acids is 2. The summed E-state index contributed by atoms with van der Waals surface area (Å²) in [7, 11) is 0. The van der Waals surface area contributed by atoms with Crippen molar-refractivity contribution in [2.75, 3.05) is 13.2 Å². The molecule has 0 aromatic rings. The van der Waals surface area contributed by atoms with Crippen LogP contribution in [-0.2, 0) is 19.1 Å². The summed E-state index contributed by atoms with van der Waals surface area (Å²) in [5.74, 6) is -0.567. The Labute approximate surface area is 438 Å². The van der Waals surface area contributed by atoms with Crippen LogP contribution >= 0.6 is 0 Å². The van der Waals surface area contributed by atoms with E-state index in [2.05, 4.69) is 38.2 Å². The molecule has 0 spiro atoms. The molecule has 1 N–H and O–H groups in total. The number of ether oxygens (including phenoxy) is 2. The molecule has 0 radical (unpaired) electrons. The summed E-state index contributed by atoms with van der Waals surface area (Å²) in [6.45, 7) is 4.20. The van der Waals surface area contributed by atoms with E-state index in [1.807, 2.05) is 0 Å². The van der Waals surface area contributed by atoms with Gasteiger partial charge in [-0.1, -0.05) is 308 Å². The molecule has 414 valence electrons. The van der Waals surface area contributed by atoms with Gasteiger partial charge in [-0.25, -0.2) is 0 Å². The summed E-state index contributed by atoms with van der Waals surface area (Å²) in [5, 5.41) is 9.68. The highest BCUT2D eigenvalue weighted by Crippen LogP contribution is 2.18. The van der Waals surface area contributed by atoms with Gasteiger partial charge in [-0.15, -0.1) is 0 Å². The van der Waals surface area contributed by atoms with E-state index in [0.29, 0.717) is 12.8 Å². The van der Waals surface area contributed by atoms with Gasteiger partial charge in [-0.3, -0.25) is 9.59 Å². The van der Waals surface area contributed by atoms with E-state index in [1.165, 1.54) is 295 Å². The van der Waals surface area contributed by atoms with Gasteiger partial charge in [0.2, 0.25) is 0 Å². The minimum atomic E-state index is -0.769. The molecule has 0 saturated carbocycles. The summed E-state index contributed by atoms with van der Waals surface area (Å²) in [6, 6.07) is 0. The molecule has 70 heavy (non-hydrogen) atoms. The predicted octanol–water partition coefficient (Wildman–Crippen LogP) is 21.7. The summed E-state index contributed by atoms with van der Waals surface area (Å²) >= 11 is 0. The minimum absolute atomic E-state index is 0.0592. The van der Waals surface area contributed by atoms with Crippen LogP contribution in [0.5, 0.6) is 0 Å². The molecule has 0 aliphatic heterocycles. The Morgan fingerprint density at radius 3 is 0.771 bits per heavy atom. The average molecular weight is 986 g/mol. The molecule has 5 heteroatoms. The number of esters is 2. The summed E-state index contributed by atoms with van der Waals surface area (Å²) in [4.78, 5) is 24.6. The van der Waals surface area contributed by atoms with Gasteiger partial charge in [-0.05, 0) is 64.2 Å². The lowest BCUT2D eigenvalue weighted by Gasteiger charge is -2.15. The topological polar surface area (TPSA) is 72.8 Å². The Morgan fingerprint density at radius 1 is 0.314 bits per heavy atom. The number of hydrogen-bond donors (Lipinski definition) is 1. The van der Waals surface area contributed by atoms with E-state index in [9.17, 15) is 14.7 Å². The van der Waals surface area contributed by atoms with Crippen LogP contribution in [0.15, 0.2) is 24.3 Å². The third kappa shape index (κ3) is 58.9. The van der Waals surface area contributed by atoms with Crippen molar-refractivity contribution in [3.05, 3.63) is 24.3 Å². The van der Waals surface area contributed by atoms with Crippen molar-refractivity contribution in [3.8, 4) is 0 Å². The lowest BCUT2D eigenvalue weighted by Crippen LogP contribution is -2.28. The zero-order valence-corrected chi connectivity index (χ0v) is 47.6. The molecular weight excluding hydrogens is 861 g/mol. The van der Waals surface area contributed by atoms with Gasteiger partial charge < -0.3 is 14.6 Å². The molecule has 0 saturated heterocycles. The first-order chi connectivity index (χ1) is 34.6. The number of allylic oxidation sites excluding steroid dienone is 4. The van der Waals surface area contributed by atoms with Crippen LogP contribution in [0.4, 0.5) is 0 Å². The van der Waals surface area contributed by atoms with Crippen molar-refractivity contribution < 1.29 is 24.2 Å². The van der Waals surface area contributed by atoms with E-state index >= 15 is 0 Å². The Bertz CT molecular complexity index is 1070. The summed E-state index contributed by atoms with van der Waals surface area (Å²) in [6.07, 6.45) is 79.0. The van der Waals surface area contributed by atoms with Crippen molar-refractivity contribution in [1.82, 2.24) is 0 Å². The number of carbonyl (C=O) groups is 2. The fourth-order valence-electron chi connectivity index (χ4n) is 9.90. The average Bonchev–Trinajstić information content (AvgIpc) is 3.36. The van der Waals surface area contributed by atoms with E-state index in [1.54, 1.807) is 0 Å². The minimum Gasteiger partial charge on any atom is -0.462 e. The highest BCUT2D eigenvalue weighted by Gasteiger charge is 2.16. The zero-order valence-electron chi connectivity index (χ0n) is 47.6. The third-order valence-electron chi connectivity index (χ3n) is 14.7. The second-order valence-electron chi connectivity index (χ2n) is 21.8. The smallest absolute Gasteiger partial charge is 0.306 e. The maximum absolute atomic E-state index is 12.3. The maximum atomic E-state index is 12.3. The molecular formula is C65H124O5. The number of aliphatic hydroxyl groups excluding tert-OH is 1. The molecule has 0 bridgehead atoms. The zero-order chi connectivity index (χ0) is 50.6. The highest BCUT2D eigenvalue weighted by molar-refractivity contribution is 5.70. The van der Waals surface area contributed by atoms with Crippen molar-refractivity contribution in [1.29, 1.82) is 0 Å². The van der Waals surface area contributed by atoms with Gasteiger partial charge in [0.25, 0.3) is 0 Å². The summed E-state index contributed by atoms with van der Waals surface area (Å²) in [5.41, 5.74) is 0. The summed E-state index contributed by atoms with van der Waals surface area (Å²) < 4.78 is 10.7. The van der Waals surface area contributed by atoms with Crippen LogP contribution in [0.25, 0.3) is 0 Å². The van der Waals surface area contributed by atoms with Crippen LogP contribution in [-0.4, -0.2) is 36.4 Å². The Balaban J connectivity index is 3.40. The normalized spacial score (nSPS) is 12.2. The SMILES string of the molecule is CCCCCCCCCC/C=C\CCCCCCCCCCCCCCCCCCCC(=O)OC(CO)COC(=O)CCCCCCCCCCCCCCCCC/C=C\CCCCCCCCCC. The maximum Gasteiger partial charge on any atom is 0.306 e. The molecule has 0 rings (SSSR count). The molecule has 1 atom stereocenters. The Hall–Kier alpha value is -1.62. The molecule has 0 aromatic heterocycles. The lowest BCUT2D eigenvalue weighted by atomic mass is 10.0. The fourth-order valence-corrected chi connectivity index (χ4v) is 9.90. The predicted molar refractivity (Wildman–Crippen MR) is 307 cm³/mol. The van der Waals surface area contributed by atoms with Crippen molar-refractivity contribution >= 4 is 11.9 Å². The highest BCUT2D eigenvalue weighted by atomic mass is 16.6. The standard InChI is InChI=1S/C65H124O5/c1-3-5-7-9-11-13-15-17-19-21-23-25-27-29-31-32-34-36-38-40-42-44-46-48-50-52-54-56-58-60-65(68)70-63(61-66)62-69-64(67)59-57-55-53-51-49-47-45-43-41-39-37-35-33-30-28-26-24-22-20-18-16-14-12-10-8-6-4-2/h21-24,63,66H,3-20,25-62H2,1-2H3/b23-21-,24-22-. The fraction of sp³-hybridized carbons (Fsp3) is 0.908. The molecule has 0 heterocycles. The number of unbranched alkanes of at least 4 members (excludes halogenated alkanes) is 48. The van der Waals surface area contributed by atoms with Gasteiger partial charge in [0.15, 0.2) is 6.10 Å². The number of aliphatic hydroxyl groups is 1. The van der Waals surface area contributed by atoms with E-state index in [0.717, 1.165) is 38.5 Å². The second kappa shape index (κ2) is 61.7. The lowest BCUT2D eigenvalue weighted by molar-refractivity contribution is -0.161. The molecule has 5 nitrogen and oxygen atoms in total. The quantitative estimate of drug-likeness (QED) is 0.0373. The van der Waals surface area contributed by atoms with E-state index < -0.39 is 6.10 Å². The largest absolute Gasteiger partial charge is 0.462 e. The van der Waals surface area contributed by atoms with Crippen LogP contribution < -0.4 is 0 Å². The molecule has 0 aromatic carbocycles. The van der Waals surface area contributed by atoms with Crippen molar-refractivity contribution in [2.24, 2.45) is 0 Å². The molecule has 0 aliphatic carbocycles. The molecule has 0 aliphatic rings. The van der Waals surface area contributed by atoms with Crippen LogP contribution in [0.3, 0.4) is 0 Å². The van der Waals surface area contributed by atoms with Gasteiger partial charge in [0.05, 0.1) is 6.61 Å². The molecule has 0 amide bonds. The van der Waals surface area contributed by atoms with Gasteiger partial charge in [-0.2, -0.15) is 0 Å². The molecule has 0 fully saturated rings. The van der Waals surface area contributed by atoms with Gasteiger partial charge >= 0.3 is 11.9 Å². The third-order valence-corrected chi connectivity index (χ3v) is 14.7. The first-order valence-electron chi connectivity index (χ1n) is 31.9. The van der Waals surface area contributed by atoms with Crippen LogP contribution in [0.1, 0.15) is 361 Å². The Morgan fingerprint density at radius 2 is 0.529 bits per heavy atom. The number of rotatable bonds is 60. The van der Waals surface area contributed by atoms with Gasteiger partial charge in [0.1, 0.15) is 6.61 Å².